The predicted octanol–water partition coefficient (Wildman–Crippen LogP) is 4.55. The van der Waals surface area contributed by atoms with E-state index in [2.05, 4.69) is 42.2 Å². The number of aromatic nitrogens is 1. The largest absolute Gasteiger partial charge is 0.434 e. The van der Waals surface area contributed by atoms with E-state index < -0.39 is 29.5 Å². The minimum absolute atomic E-state index is 0.258. The second kappa shape index (κ2) is 8.20. The van der Waals surface area contributed by atoms with E-state index in [1.54, 1.807) is 29.2 Å². The fourth-order valence-corrected chi connectivity index (χ4v) is 3.60. The molecule has 1 fully saturated rings. The molecule has 1 atom stereocenters. The van der Waals surface area contributed by atoms with E-state index in [0.29, 0.717) is 25.1 Å². The van der Waals surface area contributed by atoms with Crippen LogP contribution in [-0.2, 0) is 11.0 Å². The van der Waals surface area contributed by atoms with E-state index in [4.69, 9.17) is 0 Å². The topological polar surface area (TPSA) is 62.3 Å². The Kier molecular flexibility index (Phi) is 6.09. The number of benzene rings is 1. The fraction of sp³-hybridized carbons (Fsp3) is 0.278. The van der Waals surface area contributed by atoms with Gasteiger partial charge in [0.05, 0.1) is 0 Å². The van der Waals surface area contributed by atoms with E-state index in [1.807, 2.05) is 0 Å². The number of nitrogens with zero attached hydrogens (tertiary/aromatic N) is 2. The van der Waals surface area contributed by atoms with E-state index in [9.17, 15) is 22.8 Å². The monoisotopic (exact) mass is 519 g/mol. The minimum atomic E-state index is -4.70. The number of hydrogen-bond donors (Lipinski definition) is 1. The quantitative estimate of drug-likeness (QED) is 0.645. The summed E-state index contributed by atoms with van der Waals surface area (Å²) in [6.45, 7) is 0.502. The Morgan fingerprint density at radius 2 is 1.82 bits per heavy atom. The van der Waals surface area contributed by atoms with Crippen LogP contribution in [-0.4, -0.2) is 29.4 Å². The molecule has 5 nitrogen and oxygen atoms in total. The Morgan fingerprint density at radius 3 is 2.46 bits per heavy atom. The smallest absolute Gasteiger partial charge is 0.339 e. The van der Waals surface area contributed by atoms with Gasteiger partial charge in [0.15, 0.2) is 5.69 Å². The molecule has 28 heavy (non-hydrogen) atoms. The number of halogens is 5. The molecule has 2 amide bonds. The van der Waals surface area contributed by atoms with Crippen molar-refractivity contribution in [3.05, 3.63) is 56.7 Å². The molecule has 1 unspecified atom stereocenters. The lowest BCUT2D eigenvalue weighted by molar-refractivity contribution is -0.141. The van der Waals surface area contributed by atoms with Crippen molar-refractivity contribution in [3.63, 3.8) is 0 Å². The summed E-state index contributed by atoms with van der Waals surface area (Å²) in [6.07, 6.45) is -3.65. The van der Waals surface area contributed by atoms with Gasteiger partial charge in [-0.15, -0.1) is 0 Å². The van der Waals surface area contributed by atoms with Crippen molar-refractivity contribution >= 4 is 49.4 Å². The zero-order valence-electron chi connectivity index (χ0n) is 14.3. The number of piperidine rings is 1. The number of hydrogen-bond acceptors (Lipinski definition) is 3. The summed E-state index contributed by atoms with van der Waals surface area (Å²) in [5, 5.41) is 2.51. The Labute approximate surface area is 175 Å². The highest BCUT2D eigenvalue weighted by Gasteiger charge is 2.36. The van der Waals surface area contributed by atoms with Crippen LogP contribution in [0.5, 0.6) is 0 Å². The van der Waals surface area contributed by atoms with Gasteiger partial charge in [-0.25, -0.2) is 4.98 Å². The van der Waals surface area contributed by atoms with Crippen molar-refractivity contribution in [2.24, 2.45) is 0 Å². The number of rotatable bonds is 3. The van der Waals surface area contributed by atoms with E-state index in [1.165, 1.54) is 6.07 Å². The van der Waals surface area contributed by atoms with Crippen molar-refractivity contribution in [2.75, 3.05) is 11.4 Å². The third-order valence-electron chi connectivity index (χ3n) is 4.23. The first-order valence-electron chi connectivity index (χ1n) is 8.28. The van der Waals surface area contributed by atoms with Crippen LogP contribution in [0.1, 0.15) is 29.0 Å². The molecule has 1 aromatic carbocycles. The van der Waals surface area contributed by atoms with E-state index in [-0.39, 0.29) is 10.4 Å². The van der Waals surface area contributed by atoms with Crippen molar-refractivity contribution in [1.82, 2.24) is 10.3 Å². The van der Waals surface area contributed by atoms with Crippen LogP contribution in [0.3, 0.4) is 0 Å². The normalized spacial score (nSPS) is 17.5. The molecule has 1 aromatic heterocycles. The van der Waals surface area contributed by atoms with Gasteiger partial charge < -0.3 is 10.2 Å². The molecule has 3 rings (SSSR count). The van der Waals surface area contributed by atoms with Crippen molar-refractivity contribution in [1.29, 1.82) is 0 Å². The SMILES string of the molecule is O=C(NC1CCCN(c2ccc(Br)cc2)C1=O)c1ccc(Br)c(C(F)(F)F)n1. The minimum Gasteiger partial charge on any atom is -0.339 e. The summed E-state index contributed by atoms with van der Waals surface area (Å²) in [7, 11) is 0. The first kappa shape index (κ1) is 20.8. The van der Waals surface area contributed by atoms with Crippen LogP contribution in [0.4, 0.5) is 18.9 Å². The lowest BCUT2D eigenvalue weighted by Crippen LogP contribution is -2.52. The number of anilines is 1. The molecule has 0 spiro atoms. The molecule has 0 bridgehead atoms. The van der Waals surface area contributed by atoms with Crippen molar-refractivity contribution in [2.45, 2.75) is 25.1 Å². The number of carbonyl (C=O) groups excluding carboxylic acids is 2. The third-order valence-corrected chi connectivity index (χ3v) is 5.40. The summed E-state index contributed by atoms with van der Waals surface area (Å²) in [4.78, 5) is 30.1. The molecule has 2 aromatic rings. The highest BCUT2D eigenvalue weighted by atomic mass is 79.9. The lowest BCUT2D eigenvalue weighted by atomic mass is 10.0. The Bertz CT molecular complexity index is 904. The Hall–Kier alpha value is -1.94. The van der Waals surface area contributed by atoms with Gasteiger partial charge in [0.25, 0.3) is 5.91 Å². The molecule has 1 saturated heterocycles. The van der Waals surface area contributed by atoms with Gasteiger partial charge in [0, 0.05) is 21.2 Å². The maximum atomic E-state index is 13.0. The average Bonchev–Trinajstić information content (AvgIpc) is 2.63. The van der Waals surface area contributed by atoms with Gasteiger partial charge in [-0.05, 0) is 65.2 Å². The summed E-state index contributed by atoms with van der Waals surface area (Å²) < 4.78 is 39.6. The highest BCUT2D eigenvalue weighted by molar-refractivity contribution is 9.10. The predicted molar refractivity (Wildman–Crippen MR) is 104 cm³/mol. The molecular weight excluding hydrogens is 507 g/mol. The molecule has 0 radical (unpaired) electrons. The lowest BCUT2D eigenvalue weighted by Gasteiger charge is -2.32. The number of nitrogens with one attached hydrogen (secondary N) is 1. The van der Waals surface area contributed by atoms with Crippen molar-refractivity contribution < 1.29 is 22.8 Å². The summed E-state index contributed by atoms with van der Waals surface area (Å²) >= 11 is 6.11. The summed E-state index contributed by atoms with van der Waals surface area (Å²) in [5.74, 6) is -1.14. The molecule has 1 N–H and O–H groups in total. The van der Waals surface area contributed by atoms with Gasteiger partial charge >= 0.3 is 6.18 Å². The Morgan fingerprint density at radius 1 is 1.14 bits per heavy atom. The second-order valence-electron chi connectivity index (χ2n) is 6.16. The molecule has 1 aliphatic heterocycles. The van der Waals surface area contributed by atoms with Gasteiger partial charge in [-0.1, -0.05) is 15.9 Å². The Balaban J connectivity index is 1.77. The van der Waals surface area contributed by atoms with Crippen LogP contribution in [0, 0.1) is 0 Å². The third kappa shape index (κ3) is 4.54. The number of alkyl halides is 3. The number of carbonyl (C=O) groups is 2. The molecule has 0 aliphatic carbocycles. The summed E-state index contributed by atoms with van der Waals surface area (Å²) in [6, 6.07) is 8.61. The first-order chi connectivity index (χ1) is 13.2. The second-order valence-corrected chi connectivity index (χ2v) is 7.93. The van der Waals surface area contributed by atoms with E-state index >= 15 is 0 Å². The van der Waals surface area contributed by atoms with Gasteiger partial charge in [-0.3, -0.25) is 9.59 Å². The maximum absolute atomic E-state index is 13.0. The number of amides is 2. The molecule has 10 heteroatoms. The van der Waals surface area contributed by atoms with Crippen LogP contribution in [0.2, 0.25) is 0 Å². The van der Waals surface area contributed by atoms with Crippen LogP contribution >= 0.6 is 31.9 Å². The van der Waals surface area contributed by atoms with Gasteiger partial charge in [0.2, 0.25) is 5.91 Å². The standard InChI is InChI=1S/C18H14Br2F3N3O2/c19-10-3-5-11(6-4-10)26-9-1-2-14(17(26)28)25-16(27)13-8-7-12(20)15(24-13)18(21,22)23/h3-8,14H,1-2,9H2,(H,25,27). The van der Waals surface area contributed by atoms with E-state index in [0.717, 1.165) is 10.5 Å². The van der Waals surface area contributed by atoms with Crippen LogP contribution in [0.25, 0.3) is 0 Å². The molecule has 148 valence electrons. The molecule has 1 aliphatic rings. The van der Waals surface area contributed by atoms with Gasteiger partial charge in [-0.2, -0.15) is 13.2 Å². The van der Waals surface area contributed by atoms with Crippen molar-refractivity contribution in [3.8, 4) is 0 Å². The van der Waals surface area contributed by atoms with Gasteiger partial charge in [0.1, 0.15) is 11.7 Å². The zero-order valence-corrected chi connectivity index (χ0v) is 17.4. The fourth-order valence-electron chi connectivity index (χ4n) is 2.89. The zero-order chi connectivity index (χ0) is 20.5. The first-order valence-corrected chi connectivity index (χ1v) is 9.87. The number of pyridine rings is 1. The molecular formula is C18H14Br2F3N3O2. The molecule has 0 saturated carbocycles. The highest BCUT2D eigenvalue weighted by Crippen LogP contribution is 2.33. The maximum Gasteiger partial charge on any atom is 0.434 e. The average molecular weight is 521 g/mol. The molecule has 2 heterocycles. The summed E-state index contributed by atoms with van der Waals surface area (Å²) in [5.41, 5.74) is -0.899. The van der Waals surface area contributed by atoms with Crippen LogP contribution in [0.15, 0.2) is 45.3 Å². The van der Waals surface area contributed by atoms with Crippen LogP contribution < -0.4 is 10.2 Å².